The van der Waals surface area contributed by atoms with Crippen LogP contribution in [0, 0.1) is 5.92 Å². The fourth-order valence-electron chi connectivity index (χ4n) is 3.47. The van der Waals surface area contributed by atoms with Gasteiger partial charge >= 0.3 is 0 Å². The highest BCUT2D eigenvalue weighted by Crippen LogP contribution is 2.26. The zero-order chi connectivity index (χ0) is 15.1. The molecule has 0 bridgehead atoms. The molecule has 1 aliphatic rings. The molecule has 0 N–H and O–H groups in total. The lowest BCUT2D eigenvalue weighted by molar-refractivity contribution is 0.273. The Morgan fingerprint density at radius 3 is 2.67 bits per heavy atom. The summed E-state index contributed by atoms with van der Waals surface area (Å²) in [4.78, 5) is 2.64. The number of aryl methyl sites for hydroxylation is 1. The van der Waals surface area contributed by atoms with Crippen molar-refractivity contribution < 1.29 is 0 Å². The van der Waals surface area contributed by atoms with Crippen molar-refractivity contribution in [1.29, 1.82) is 0 Å². The molecule has 0 aromatic heterocycles. The molecule has 0 aliphatic heterocycles. The second-order valence-electron chi connectivity index (χ2n) is 6.90. The van der Waals surface area contributed by atoms with E-state index in [4.69, 9.17) is 0 Å². The van der Waals surface area contributed by atoms with Crippen LogP contribution in [0.3, 0.4) is 0 Å². The van der Waals surface area contributed by atoms with Crippen molar-refractivity contribution in [1.82, 2.24) is 4.90 Å². The van der Waals surface area contributed by atoms with E-state index in [1.807, 2.05) is 0 Å². The van der Waals surface area contributed by atoms with Crippen LogP contribution in [0.15, 0.2) is 18.2 Å². The standard InChI is InChI=1S/C20H33N/c1-4-6-13-21(12-5-2)14-11-18-8-10-19-15-17(3)7-9-20(19)16-18/h8,10,16-17H,4-7,9,11-15H2,1-3H3. The number of hydrogen-bond donors (Lipinski definition) is 0. The summed E-state index contributed by atoms with van der Waals surface area (Å²) in [6.45, 7) is 10.7. The minimum atomic E-state index is 0.873. The van der Waals surface area contributed by atoms with Crippen molar-refractivity contribution in [2.45, 2.75) is 65.7 Å². The molecule has 1 atom stereocenters. The van der Waals surface area contributed by atoms with Gasteiger partial charge in [-0.15, -0.1) is 0 Å². The Hall–Kier alpha value is -0.820. The fourth-order valence-corrected chi connectivity index (χ4v) is 3.47. The van der Waals surface area contributed by atoms with Crippen LogP contribution >= 0.6 is 0 Å². The summed E-state index contributed by atoms with van der Waals surface area (Å²) in [5, 5.41) is 0. The van der Waals surface area contributed by atoms with Gasteiger partial charge in [0.15, 0.2) is 0 Å². The Bertz CT molecular complexity index is 424. The minimum Gasteiger partial charge on any atom is -0.303 e. The molecule has 0 amide bonds. The van der Waals surface area contributed by atoms with E-state index in [2.05, 4.69) is 43.9 Å². The number of fused-ring (bicyclic) bond motifs is 1. The summed E-state index contributed by atoms with van der Waals surface area (Å²) < 4.78 is 0. The van der Waals surface area contributed by atoms with Gasteiger partial charge in [0, 0.05) is 6.54 Å². The largest absolute Gasteiger partial charge is 0.303 e. The maximum atomic E-state index is 2.64. The third-order valence-corrected chi connectivity index (χ3v) is 4.83. The summed E-state index contributed by atoms with van der Waals surface area (Å²) in [6, 6.07) is 7.27. The van der Waals surface area contributed by atoms with Gasteiger partial charge in [-0.3, -0.25) is 0 Å². The predicted octanol–water partition coefficient (Wildman–Crippen LogP) is 4.87. The maximum absolute atomic E-state index is 2.64. The summed E-state index contributed by atoms with van der Waals surface area (Å²) in [7, 11) is 0. The van der Waals surface area contributed by atoms with Crippen LogP contribution in [0.25, 0.3) is 0 Å². The van der Waals surface area contributed by atoms with Crippen LogP contribution in [0.4, 0.5) is 0 Å². The van der Waals surface area contributed by atoms with E-state index in [9.17, 15) is 0 Å². The van der Waals surface area contributed by atoms with Crippen molar-refractivity contribution in [3.8, 4) is 0 Å². The summed E-state index contributed by atoms with van der Waals surface area (Å²) >= 11 is 0. The quantitative estimate of drug-likeness (QED) is 0.659. The SMILES string of the molecule is CCCCN(CCC)CCc1ccc2c(c1)CCC(C)C2. The number of unbranched alkanes of at least 4 members (excludes halogenated alkanes) is 1. The zero-order valence-electron chi connectivity index (χ0n) is 14.3. The van der Waals surface area contributed by atoms with Gasteiger partial charge in [-0.25, -0.2) is 0 Å². The first-order valence-corrected chi connectivity index (χ1v) is 9.06. The first-order chi connectivity index (χ1) is 10.2. The Morgan fingerprint density at radius 2 is 1.90 bits per heavy atom. The number of nitrogens with zero attached hydrogens (tertiary/aromatic N) is 1. The molecule has 2 rings (SSSR count). The van der Waals surface area contributed by atoms with E-state index in [1.54, 1.807) is 16.7 Å². The van der Waals surface area contributed by atoms with Gasteiger partial charge in [0.1, 0.15) is 0 Å². The van der Waals surface area contributed by atoms with E-state index >= 15 is 0 Å². The van der Waals surface area contributed by atoms with Crippen LogP contribution in [0.1, 0.15) is 63.1 Å². The van der Waals surface area contributed by atoms with Gasteiger partial charge in [0.2, 0.25) is 0 Å². The van der Waals surface area contributed by atoms with E-state index in [0.717, 1.165) is 5.92 Å². The van der Waals surface area contributed by atoms with Crippen LogP contribution in [0.5, 0.6) is 0 Å². The maximum Gasteiger partial charge on any atom is 0.00218 e. The van der Waals surface area contributed by atoms with Gasteiger partial charge in [0.25, 0.3) is 0 Å². The molecule has 1 aromatic rings. The van der Waals surface area contributed by atoms with E-state index in [0.29, 0.717) is 0 Å². The normalized spacial score (nSPS) is 18.0. The third-order valence-electron chi connectivity index (χ3n) is 4.83. The van der Waals surface area contributed by atoms with E-state index in [-0.39, 0.29) is 0 Å². The van der Waals surface area contributed by atoms with Crippen LogP contribution in [-0.2, 0) is 19.3 Å². The van der Waals surface area contributed by atoms with Crippen molar-refractivity contribution in [2.24, 2.45) is 5.92 Å². The molecule has 0 fully saturated rings. The Morgan fingerprint density at radius 1 is 1.05 bits per heavy atom. The summed E-state index contributed by atoms with van der Waals surface area (Å²) in [5.41, 5.74) is 4.77. The van der Waals surface area contributed by atoms with Crippen molar-refractivity contribution in [3.05, 3.63) is 34.9 Å². The van der Waals surface area contributed by atoms with Gasteiger partial charge < -0.3 is 4.90 Å². The molecule has 0 saturated carbocycles. The molecule has 0 heterocycles. The second kappa shape index (κ2) is 8.58. The van der Waals surface area contributed by atoms with Gasteiger partial charge in [-0.1, -0.05) is 45.4 Å². The molecule has 1 unspecified atom stereocenters. The highest BCUT2D eigenvalue weighted by atomic mass is 15.1. The number of rotatable bonds is 8. The Kier molecular flexibility index (Phi) is 6.76. The van der Waals surface area contributed by atoms with Crippen molar-refractivity contribution in [3.63, 3.8) is 0 Å². The highest BCUT2D eigenvalue weighted by molar-refractivity contribution is 5.34. The topological polar surface area (TPSA) is 3.24 Å². The van der Waals surface area contributed by atoms with Gasteiger partial charge in [0.05, 0.1) is 0 Å². The first-order valence-electron chi connectivity index (χ1n) is 9.06. The summed E-state index contributed by atoms with van der Waals surface area (Å²) in [6.07, 6.45) is 9.07. The lowest BCUT2D eigenvalue weighted by atomic mass is 9.84. The zero-order valence-corrected chi connectivity index (χ0v) is 14.3. The molecule has 1 heteroatoms. The third kappa shape index (κ3) is 5.14. The molecule has 0 spiro atoms. The lowest BCUT2D eigenvalue weighted by Gasteiger charge is -2.24. The lowest BCUT2D eigenvalue weighted by Crippen LogP contribution is -2.28. The van der Waals surface area contributed by atoms with Gasteiger partial charge in [-0.05, 0) is 74.2 Å². The molecule has 1 nitrogen and oxygen atoms in total. The average molecular weight is 287 g/mol. The molecule has 1 aliphatic carbocycles. The van der Waals surface area contributed by atoms with Crippen molar-refractivity contribution in [2.75, 3.05) is 19.6 Å². The van der Waals surface area contributed by atoms with Crippen LogP contribution in [0.2, 0.25) is 0 Å². The molecule has 0 radical (unpaired) electrons. The predicted molar refractivity (Wildman–Crippen MR) is 93.0 cm³/mol. The minimum absolute atomic E-state index is 0.873. The second-order valence-corrected chi connectivity index (χ2v) is 6.90. The van der Waals surface area contributed by atoms with E-state index in [1.165, 1.54) is 64.6 Å². The fraction of sp³-hybridized carbons (Fsp3) is 0.700. The van der Waals surface area contributed by atoms with Crippen molar-refractivity contribution >= 4 is 0 Å². The first kappa shape index (κ1) is 16.5. The molecule has 21 heavy (non-hydrogen) atoms. The molecular formula is C20H33N. The Balaban J connectivity index is 1.90. The average Bonchev–Trinajstić information content (AvgIpc) is 2.50. The molecule has 1 aromatic carbocycles. The highest BCUT2D eigenvalue weighted by Gasteiger charge is 2.15. The van der Waals surface area contributed by atoms with Crippen LogP contribution < -0.4 is 0 Å². The monoisotopic (exact) mass is 287 g/mol. The Labute approximate surface area is 131 Å². The molecular weight excluding hydrogens is 254 g/mol. The van der Waals surface area contributed by atoms with E-state index < -0.39 is 0 Å². The molecule has 0 saturated heterocycles. The summed E-state index contributed by atoms with van der Waals surface area (Å²) in [5.74, 6) is 0.873. The van der Waals surface area contributed by atoms with Gasteiger partial charge in [-0.2, -0.15) is 0 Å². The number of benzene rings is 1. The molecule has 118 valence electrons. The smallest absolute Gasteiger partial charge is 0.00218 e. The van der Waals surface area contributed by atoms with Crippen LogP contribution in [-0.4, -0.2) is 24.5 Å². The number of hydrogen-bond acceptors (Lipinski definition) is 1.